The van der Waals surface area contributed by atoms with E-state index in [1.807, 2.05) is 0 Å². The highest BCUT2D eigenvalue weighted by molar-refractivity contribution is 5.17. The van der Waals surface area contributed by atoms with Gasteiger partial charge in [-0.1, -0.05) is 27.7 Å². The summed E-state index contributed by atoms with van der Waals surface area (Å²) in [6.07, 6.45) is 4.52. The SMILES string of the molecule is CC(C)C1CCC12CC2(C)C. The van der Waals surface area contributed by atoms with E-state index in [0.717, 1.165) is 17.3 Å². The van der Waals surface area contributed by atoms with Crippen LogP contribution < -0.4 is 0 Å². The van der Waals surface area contributed by atoms with Crippen molar-refractivity contribution in [2.75, 3.05) is 0 Å². The summed E-state index contributed by atoms with van der Waals surface area (Å²) in [5, 5.41) is 0. The lowest BCUT2D eigenvalue weighted by atomic mass is 9.62. The maximum Gasteiger partial charge on any atom is -0.0210 e. The summed E-state index contributed by atoms with van der Waals surface area (Å²) >= 11 is 0. The van der Waals surface area contributed by atoms with Crippen molar-refractivity contribution in [3.05, 3.63) is 0 Å². The molecule has 0 heteroatoms. The standard InChI is InChI=1S/C11H20/c1-8(2)9-5-6-11(9)7-10(11,3)4/h8-9H,5-7H2,1-4H3. The Hall–Kier alpha value is 0. The Morgan fingerprint density at radius 1 is 1.27 bits per heavy atom. The molecule has 2 fully saturated rings. The van der Waals surface area contributed by atoms with Crippen molar-refractivity contribution >= 4 is 0 Å². The van der Waals surface area contributed by atoms with Gasteiger partial charge in [0.05, 0.1) is 0 Å². The van der Waals surface area contributed by atoms with Gasteiger partial charge in [-0.3, -0.25) is 0 Å². The predicted octanol–water partition coefficient (Wildman–Crippen LogP) is 3.47. The lowest BCUT2D eigenvalue weighted by molar-refractivity contribution is 0.0618. The Balaban J connectivity index is 2.09. The first-order valence-corrected chi connectivity index (χ1v) is 5.00. The van der Waals surface area contributed by atoms with Crippen LogP contribution in [0.1, 0.15) is 47.0 Å². The maximum absolute atomic E-state index is 2.45. The lowest BCUT2D eigenvalue weighted by Gasteiger charge is -2.43. The van der Waals surface area contributed by atoms with Gasteiger partial charge in [0.2, 0.25) is 0 Å². The monoisotopic (exact) mass is 152 g/mol. The zero-order valence-electron chi connectivity index (χ0n) is 8.28. The molecule has 64 valence electrons. The van der Waals surface area contributed by atoms with Crippen LogP contribution in [0.5, 0.6) is 0 Å². The van der Waals surface area contributed by atoms with E-state index in [0.29, 0.717) is 5.41 Å². The Labute approximate surface area is 70.4 Å². The molecule has 2 atom stereocenters. The van der Waals surface area contributed by atoms with E-state index in [-0.39, 0.29) is 0 Å². The van der Waals surface area contributed by atoms with Crippen LogP contribution in [0, 0.1) is 22.7 Å². The quantitative estimate of drug-likeness (QED) is 0.539. The molecule has 2 rings (SSSR count). The van der Waals surface area contributed by atoms with Gasteiger partial charge < -0.3 is 0 Å². The normalized spacial score (nSPS) is 46.1. The predicted molar refractivity (Wildman–Crippen MR) is 48.4 cm³/mol. The van der Waals surface area contributed by atoms with Crippen LogP contribution in [0.15, 0.2) is 0 Å². The maximum atomic E-state index is 2.45. The van der Waals surface area contributed by atoms with Crippen molar-refractivity contribution in [2.45, 2.75) is 47.0 Å². The van der Waals surface area contributed by atoms with Crippen molar-refractivity contribution in [3.63, 3.8) is 0 Å². The molecule has 0 aromatic carbocycles. The highest BCUT2D eigenvalue weighted by Gasteiger charge is 2.68. The van der Waals surface area contributed by atoms with Crippen LogP contribution in [0.2, 0.25) is 0 Å². The molecule has 1 spiro atoms. The molecule has 2 aliphatic carbocycles. The minimum Gasteiger partial charge on any atom is -0.0625 e. The van der Waals surface area contributed by atoms with Gasteiger partial charge in [-0.05, 0) is 41.9 Å². The van der Waals surface area contributed by atoms with E-state index in [9.17, 15) is 0 Å². The summed E-state index contributed by atoms with van der Waals surface area (Å²) < 4.78 is 0. The van der Waals surface area contributed by atoms with E-state index < -0.39 is 0 Å². The zero-order chi connectivity index (χ0) is 8.28. The minimum atomic E-state index is 0.695. The fourth-order valence-corrected chi connectivity index (χ4v) is 3.44. The molecule has 0 radical (unpaired) electrons. The topological polar surface area (TPSA) is 0 Å². The summed E-state index contributed by atoms with van der Waals surface area (Å²) in [5.74, 6) is 1.98. The molecule has 0 bridgehead atoms. The highest BCUT2D eigenvalue weighted by atomic mass is 14.7. The smallest absolute Gasteiger partial charge is 0.0210 e. The molecule has 0 N–H and O–H groups in total. The van der Waals surface area contributed by atoms with Crippen molar-refractivity contribution in [1.29, 1.82) is 0 Å². The largest absolute Gasteiger partial charge is 0.0625 e. The van der Waals surface area contributed by atoms with E-state index in [1.165, 1.54) is 19.3 Å². The molecule has 11 heavy (non-hydrogen) atoms. The Morgan fingerprint density at radius 3 is 1.91 bits per heavy atom. The van der Waals surface area contributed by atoms with Crippen molar-refractivity contribution in [2.24, 2.45) is 22.7 Å². The molecule has 0 aliphatic heterocycles. The van der Waals surface area contributed by atoms with Crippen LogP contribution in [0.25, 0.3) is 0 Å². The van der Waals surface area contributed by atoms with Crippen LogP contribution in [-0.2, 0) is 0 Å². The van der Waals surface area contributed by atoms with Gasteiger partial charge in [-0.2, -0.15) is 0 Å². The van der Waals surface area contributed by atoms with Gasteiger partial charge in [-0.15, -0.1) is 0 Å². The van der Waals surface area contributed by atoms with Crippen LogP contribution in [0.3, 0.4) is 0 Å². The third-order valence-corrected chi connectivity index (χ3v) is 4.40. The van der Waals surface area contributed by atoms with E-state index in [2.05, 4.69) is 27.7 Å². The molecule has 2 saturated carbocycles. The second kappa shape index (κ2) is 1.84. The average molecular weight is 152 g/mol. The second-order valence-electron chi connectivity index (χ2n) is 5.61. The molecule has 0 nitrogen and oxygen atoms in total. The molecule has 2 unspecified atom stereocenters. The highest BCUT2D eigenvalue weighted by Crippen LogP contribution is 2.77. The van der Waals surface area contributed by atoms with E-state index >= 15 is 0 Å². The van der Waals surface area contributed by atoms with E-state index in [1.54, 1.807) is 0 Å². The number of rotatable bonds is 1. The Bertz CT molecular complexity index is 178. The minimum absolute atomic E-state index is 0.695. The first-order valence-electron chi connectivity index (χ1n) is 5.00. The fraction of sp³-hybridized carbons (Fsp3) is 1.00. The van der Waals surface area contributed by atoms with Gasteiger partial charge in [-0.25, -0.2) is 0 Å². The number of hydrogen-bond donors (Lipinski definition) is 0. The third kappa shape index (κ3) is 0.761. The van der Waals surface area contributed by atoms with E-state index in [4.69, 9.17) is 0 Å². The van der Waals surface area contributed by atoms with Crippen LogP contribution >= 0.6 is 0 Å². The first kappa shape index (κ1) is 7.64. The molecular formula is C11H20. The van der Waals surface area contributed by atoms with Gasteiger partial charge >= 0.3 is 0 Å². The molecule has 0 aromatic heterocycles. The lowest BCUT2D eigenvalue weighted by Crippen LogP contribution is -2.35. The summed E-state index contributed by atoms with van der Waals surface area (Å²) in [6.45, 7) is 9.67. The Kier molecular flexibility index (Phi) is 1.28. The van der Waals surface area contributed by atoms with Gasteiger partial charge in [0, 0.05) is 0 Å². The van der Waals surface area contributed by atoms with Gasteiger partial charge in [0.15, 0.2) is 0 Å². The molecular weight excluding hydrogens is 132 g/mol. The van der Waals surface area contributed by atoms with Gasteiger partial charge in [0.1, 0.15) is 0 Å². The summed E-state index contributed by atoms with van der Waals surface area (Å²) in [7, 11) is 0. The summed E-state index contributed by atoms with van der Waals surface area (Å²) in [4.78, 5) is 0. The molecule has 2 aliphatic rings. The summed E-state index contributed by atoms with van der Waals surface area (Å²) in [6, 6.07) is 0. The molecule has 0 heterocycles. The second-order valence-corrected chi connectivity index (χ2v) is 5.61. The van der Waals surface area contributed by atoms with Crippen molar-refractivity contribution in [3.8, 4) is 0 Å². The summed E-state index contributed by atoms with van der Waals surface area (Å²) in [5.41, 5.74) is 1.50. The van der Waals surface area contributed by atoms with Gasteiger partial charge in [0.25, 0.3) is 0 Å². The molecule has 0 aromatic rings. The third-order valence-electron chi connectivity index (χ3n) is 4.40. The number of hydrogen-bond acceptors (Lipinski definition) is 0. The molecule has 0 amide bonds. The molecule has 0 saturated heterocycles. The average Bonchev–Trinajstić information content (AvgIpc) is 2.32. The fourth-order valence-electron chi connectivity index (χ4n) is 3.44. The first-order chi connectivity index (χ1) is 5.00. The van der Waals surface area contributed by atoms with Crippen LogP contribution in [0.4, 0.5) is 0 Å². The van der Waals surface area contributed by atoms with Crippen LogP contribution in [-0.4, -0.2) is 0 Å². The van der Waals surface area contributed by atoms with Crippen molar-refractivity contribution < 1.29 is 0 Å². The van der Waals surface area contributed by atoms with Crippen molar-refractivity contribution in [1.82, 2.24) is 0 Å². The Morgan fingerprint density at radius 2 is 1.82 bits per heavy atom. The zero-order valence-corrected chi connectivity index (χ0v) is 8.28.